The first kappa shape index (κ1) is 15.8. The van der Waals surface area contributed by atoms with Crippen molar-refractivity contribution in [2.24, 2.45) is 11.7 Å². The van der Waals surface area contributed by atoms with E-state index in [0.717, 1.165) is 31.5 Å². The highest BCUT2D eigenvalue weighted by molar-refractivity contribution is 5.77. The molecule has 21 heavy (non-hydrogen) atoms. The number of methoxy groups -OCH3 is 1. The highest BCUT2D eigenvalue weighted by Crippen LogP contribution is 2.17. The van der Waals surface area contributed by atoms with Gasteiger partial charge >= 0.3 is 0 Å². The Kier molecular flexibility index (Phi) is 6.02. The van der Waals surface area contributed by atoms with Crippen molar-refractivity contribution in [2.45, 2.75) is 19.4 Å². The highest BCUT2D eigenvalue weighted by atomic mass is 16.5. The van der Waals surface area contributed by atoms with Crippen LogP contribution in [-0.2, 0) is 16.1 Å². The van der Waals surface area contributed by atoms with Crippen molar-refractivity contribution in [1.29, 1.82) is 0 Å². The van der Waals surface area contributed by atoms with Gasteiger partial charge in [-0.1, -0.05) is 12.1 Å². The summed E-state index contributed by atoms with van der Waals surface area (Å²) >= 11 is 0. The summed E-state index contributed by atoms with van der Waals surface area (Å²) < 4.78 is 10.7. The zero-order valence-electron chi connectivity index (χ0n) is 12.6. The standard InChI is InChI=1S/C16H24N2O3/c1-20-11-14-3-2-8-18(10-14)16(19)12-21-15-6-4-13(9-17)5-7-15/h4-7,14H,2-3,8-12,17H2,1H3. The first-order valence-electron chi connectivity index (χ1n) is 7.41. The third kappa shape index (κ3) is 4.72. The van der Waals surface area contributed by atoms with E-state index >= 15 is 0 Å². The summed E-state index contributed by atoms with van der Waals surface area (Å²) in [6.45, 7) is 2.89. The van der Waals surface area contributed by atoms with Crippen LogP contribution in [0.25, 0.3) is 0 Å². The van der Waals surface area contributed by atoms with Gasteiger partial charge in [0.15, 0.2) is 6.61 Å². The SMILES string of the molecule is COCC1CCCN(C(=O)COc2ccc(CN)cc2)C1. The van der Waals surface area contributed by atoms with Crippen molar-refractivity contribution < 1.29 is 14.3 Å². The van der Waals surface area contributed by atoms with Crippen LogP contribution in [-0.4, -0.2) is 44.2 Å². The molecule has 1 unspecified atom stereocenters. The minimum Gasteiger partial charge on any atom is -0.484 e. The number of benzene rings is 1. The second-order valence-electron chi connectivity index (χ2n) is 5.44. The fourth-order valence-electron chi connectivity index (χ4n) is 2.62. The van der Waals surface area contributed by atoms with E-state index in [2.05, 4.69) is 0 Å². The second-order valence-corrected chi connectivity index (χ2v) is 5.44. The molecule has 0 saturated carbocycles. The van der Waals surface area contributed by atoms with Gasteiger partial charge < -0.3 is 20.1 Å². The molecule has 1 amide bonds. The Morgan fingerprint density at radius 2 is 2.14 bits per heavy atom. The number of nitrogens with zero attached hydrogens (tertiary/aromatic N) is 1. The molecule has 0 radical (unpaired) electrons. The van der Waals surface area contributed by atoms with E-state index in [9.17, 15) is 4.79 Å². The molecule has 2 rings (SSSR count). The van der Waals surface area contributed by atoms with E-state index in [0.29, 0.717) is 24.8 Å². The van der Waals surface area contributed by atoms with E-state index in [1.807, 2.05) is 29.2 Å². The highest BCUT2D eigenvalue weighted by Gasteiger charge is 2.23. The smallest absolute Gasteiger partial charge is 0.260 e. The number of amides is 1. The molecule has 1 aliphatic heterocycles. The Labute approximate surface area is 126 Å². The van der Waals surface area contributed by atoms with Crippen molar-refractivity contribution in [3.8, 4) is 5.75 Å². The van der Waals surface area contributed by atoms with Crippen molar-refractivity contribution in [3.63, 3.8) is 0 Å². The predicted octanol–water partition coefficient (Wildman–Crippen LogP) is 1.41. The van der Waals surface area contributed by atoms with E-state index in [-0.39, 0.29) is 12.5 Å². The van der Waals surface area contributed by atoms with Crippen LogP contribution >= 0.6 is 0 Å². The first-order valence-corrected chi connectivity index (χ1v) is 7.41. The number of piperidine rings is 1. The largest absolute Gasteiger partial charge is 0.484 e. The Morgan fingerprint density at radius 3 is 2.81 bits per heavy atom. The van der Waals surface area contributed by atoms with Crippen LogP contribution in [0.2, 0.25) is 0 Å². The molecule has 0 aliphatic carbocycles. The predicted molar refractivity (Wildman–Crippen MR) is 81.0 cm³/mol. The molecular formula is C16H24N2O3. The molecule has 1 saturated heterocycles. The van der Waals surface area contributed by atoms with Crippen LogP contribution in [0.5, 0.6) is 5.75 Å². The number of carbonyl (C=O) groups is 1. The average Bonchev–Trinajstić information content (AvgIpc) is 2.53. The lowest BCUT2D eigenvalue weighted by Gasteiger charge is -2.32. The van der Waals surface area contributed by atoms with Gasteiger partial charge in [-0.05, 0) is 36.5 Å². The lowest BCUT2D eigenvalue weighted by molar-refractivity contribution is -0.135. The molecule has 1 heterocycles. The number of ether oxygens (including phenoxy) is 2. The van der Waals surface area contributed by atoms with Gasteiger partial charge in [-0.15, -0.1) is 0 Å². The molecule has 1 aromatic rings. The number of hydrogen-bond donors (Lipinski definition) is 1. The van der Waals surface area contributed by atoms with Crippen molar-refractivity contribution >= 4 is 5.91 Å². The molecule has 2 N–H and O–H groups in total. The van der Waals surface area contributed by atoms with Crippen LogP contribution in [0, 0.1) is 5.92 Å². The van der Waals surface area contributed by atoms with Gasteiger partial charge in [-0.2, -0.15) is 0 Å². The van der Waals surface area contributed by atoms with Crippen LogP contribution in [0.15, 0.2) is 24.3 Å². The quantitative estimate of drug-likeness (QED) is 0.861. The normalized spacial score (nSPS) is 18.6. The maximum Gasteiger partial charge on any atom is 0.260 e. The molecule has 116 valence electrons. The zero-order valence-corrected chi connectivity index (χ0v) is 12.6. The van der Waals surface area contributed by atoms with Gasteiger partial charge in [0.05, 0.1) is 6.61 Å². The molecule has 1 aromatic carbocycles. The van der Waals surface area contributed by atoms with Gasteiger partial charge in [0.25, 0.3) is 5.91 Å². The van der Waals surface area contributed by atoms with E-state index in [1.165, 1.54) is 0 Å². The Balaban J connectivity index is 1.80. The van der Waals surface area contributed by atoms with Crippen molar-refractivity contribution in [1.82, 2.24) is 4.90 Å². The molecule has 0 bridgehead atoms. The van der Waals surface area contributed by atoms with Gasteiger partial charge in [-0.25, -0.2) is 0 Å². The molecule has 1 aliphatic rings. The third-order valence-corrected chi connectivity index (χ3v) is 3.80. The number of nitrogens with two attached hydrogens (primary N) is 1. The summed E-state index contributed by atoms with van der Waals surface area (Å²) in [6.07, 6.45) is 2.16. The van der Waals surface area contributed by atoms with Gasteiger partial charge in [0.1, 0.15) is 5.75 Å². The fraction of sp³-hybridized carbons (Fsp3) is 0.562. The van der Waals surface area contributed by atoms with Crippen LogP contribution in [0.4, 0.5) is 0 Å². The molecule has 0 spiro atoms. The van der Waals surface area contributed by atoms with Crippen molar-refractivity contribution in [3.05, 3.63) is 29.8 Å². The van der Waals surface area contributed by atoms with Gasteiger partial charge in [0.2, 0.25) is 0 Å². The molecule has 5 nitrogen and oxygen atoms in total. The lowest BCUT2D eigenvalue weighted by atomic mass is 9.99. The van der Waals surface area contributed by atoms with E-state index in [1.54, 1.807) is 7.11 Å². The average molecular weight is 292 g/mol. The Hall–Kier alpha value is -1.59. The topological polar surface area (TPSA) is 64.8 Å². The Bertz CT molecular complexity index is 445. The summed E-state index contributed by atoms with van der Waals surface area (Å²) in [5, 5.41) is 0. The summed E-state index contributed by atoms with van der Waals surface area (Å²) in [5.74, 6) is 1.18. The minimum absolute atomic E-state index is 0.0405. The fourth-order valence-corrected chi connectivity index (χ4v) is 2.62. The van der Waals surface area contributed by atoms with E-state index < -0.39 is 0 Å². The van der Waals surface area contributed by atoms with E-state index in [4.69, 9.17) is 15.2 Å². The first-order chi connectivity index (χ1) is 10.2. The van der Waals surface area contributed by atoms with Gasteiger partial charge in [-0.3, -0.25) is 4.79 Å². The van der Waals surface area contributed by atoms with Crippen LogP contribution < -0.4 is 10.5 Å². The third-order valence-electron chi connectivity index (χ3n) is 3.80. The molecular weight excluding hydrogens is 268 g/mol. The summed E-state index contributed by atoms with van der Waals surface area (Å²) in [4.78, 5) is 14.1. The number of carbonyl (C=O) groups excluding carboxylic acids is 1. The molecule has 0 aromatic heterocycles. The monoisotopic (exact) mass is 292 g/mol. The summed E-state index contributed by atoms with van der Waals surface area (Å²) in [5.41, 5.74) is 6.59. The number of rotatable bonds is 6. The summed E-state index contributed by atoms with van der Waals surface area (Å²) in [7, 11) is 1.70. The maximum absolute atomic E-state index is 12.2. The van der Waals surface area contributed by atoms with Crippen LogP contribution in [0.1, 0.15) is 18.4 Å². The van der Waals surface area contributed by atoms with Crippen molar-refractivity contribution in [2.75, 3.05) is 33.4 Å². The molecule has 1 atom stereocenters. The molecule has 1 fully saturated rings. The zero-order chi connectivity index (χ0) is 15.1. The number of likely N-dealkylation sites (tertiary alicyclic amines) is 1. The maximum atomic E-state index is 12.2. The minimum atomic E-state index is 0.0405. The summed E-state index contributed by atoms with van der Waals surface area (Å²) in [6, 6.07) is 7.52. The number of hydrogen-bond acceptors (Lipinski definition) is 4. The second kappa shape index (κ2) is 8.00. The van der Waals surface area contributed by atoms with Crippen LogP contribution in [0.3, 0.4) is 0 Å². The lowest BCUT2D eigenvalue weighted by Crippen LogP contribution is -2.43. The molecule has 5 heteroatoms. The Morgan fingerprint density at radius 1 is 1.38 bits per heavy atom. The van der Waals surface area contributed by atoms with Gasteiger partial charge in [0, 0.05) is 26.7 Å².